The van der Waals surface area contributed by atoms with Gasteiger partial charge in [0.15, 0.2) is 0 Å². The average Bonchev–Trinajstić information content (AvgIpc) is 2.66. The van der Waals surface area contributed by atoms with Crippen LogP contribution >= 0.6 is 0 Å². The van der Waals surface area contributed by atoms with Crippen LogP contribution < -0.4 is 5.32 Å². The first-order valence-electron chi connectivity index (χ1n) is 8.81. The highest BCUT2D eigenvalue weighted by Crippen LogP contribution is 2.22. The second kappa shape index (κ2) is 8.97. The summed E-state index contributed by atoms with van der Waals surface area (Å²) in [5.74, 6) is 1.99. The van der Waals surface area contributed by atoms with E-state index in [4.69, 9.17) is 0 Å². The molecule has 0 bridgehead atoms. The highest BCUT2D eigenvalue weighted by molar-refractivity contribution is 4.72. The molecule has 0 aliphatic carbocycles. The fourth-order valence-electron chi connectivity index (χ4n) is 3.92. The van der Waals surface area contributed by atoms with Crippen molar-refractivity contribution in [3.8, 4) is 0 Å². The average molecular weight is 266 g/mol. The molecule has 19 heavy (non-hydrogen) atoms. The van der Waals surface area contributed by atoms with Crippen LogP contribution in [0.3, 0.4) is 0 Å². The second-order valence-corrected chi connectivity index (χ2v) is 6.78. The van der Waals surface area contributed by atoms with E-state index in [0.29, 0.717) is 0 Å². The molecule has 2 atom stereocenters. The van der Waals surface area contributed by atoms with Crippen LogP contribution in [0.2, 0.25) is 0 Å². The maximum Gasteiger partial charge on any atom is -0.00161 e. The summed E-state index contributed by atoms with van der Waals surface area (Å²) in [4.78, 5) is 2.74. The van der Waals surface area contributed by atoms with Crippen molar-refractivity contribution in [1.82, 2.24) is 10.2 Å². The van der Waals surface area contributed by atoms with Gasteiger partial charge in [-0.05, 0) is 89.5 Å². The Hall–Kier alpha value is -0.0800. The van der Waals surface area contributed by atoms with Gasteiger partial charge in [0, 0.05) is 0 Å². The lowest BCUT2D eigenvalue weighted by Gasteiger charge is -2.25. The third-order valence-electron chi connectivity index (χ3n) is 5.12. The van der Waals surface area contributed by atoms with Crippen molar-refractivity contribution in [2.24, 2.45) is 11.8 Å². The molecule has 2 saturated heterocycles. The molecule has 0 aromatic rings. The Labute approximate surface area is 120 Å². The van der Waals surface area contributed by atoms with E-state index in [2.05, 4.69) is 17.1 Å². The van der Waals surface area contributed by atoms with Gasteiger partial charge in [-0.2, -0.15) is 0 Å². The molecular formula is C17H34N2. The highest BCUT2D eigenvalue weighted by Gasteiger charge is 2.17. The van der Waals surface area contributed by atoms with Crippen molar-refractivity contribution >= 4 is 0 Å². The van der Waals surface area contributed by atoms with Crippen LogP contribution in [0.1, 0.15) is 64.7 Å². The van der Waals surface area contributed by atoms with Crippen LogP contribution in [0.5, 0.6) is 0 Å². The summed E-state index contributed by atoms with van der Waals surface area (Å²) in [6.45, 7) is 8.95. The van der Waals surface area contributed by atoms with Crippen LogP contribution in [0, 0.1) is 11.8 Å². The van der Waals surface area contributed by atoms with E-state index in [-0.39, 0.29) is 0 Å². The van der Waals surface area contributed by atoms with Crippen LogP contribution in [0.4, 0.5) is 0 Å². The van der Waals surface area contributed by atoms with Gasteiger partial charge in [0.1, 0.15) is 0 Å². The van der Waals surface area contributed by atoms with E-state index in [1.54, 1.807) is 0 Å². The minimum atomic E-state index is 0.966. The first-order valence-corrected chi connectivity index (χ1v) is 8.81. The molecule has 2 heterocycles. The first-order chi connectivity index (χ1) is 9.38. The Kier molecular flexibility index (Phi) is 7.23. The number of nitrogens with one attached hydrogen (secondary N) is 1. The lowest BCUT2D eigenvalue weighted by atomic mass is 9.94. The molecule has 0 radical (unpaired) electrons. The number of hydrogen-bond acceptors (Lipinski definition) is 2. The Bertz CT molecular complexity index is 223. The fourth-order valence-corrected chi connectivity index (χ4v) is 3.92. The number of hydrogen-bond donors (Lipinski definition) is 1. The van der Waals surface area contributed by atoms with Crippen LogP contribution in [-0.2, 0) is 0 Å². The normalized spacial score (nSPS) is 30.2. The zero-order chi connectivity index (χ0) is 13.3. The number of nitrogens with zero attached hydrogens (tertiary/aromatic N) is 1. The molecule has 0 spiro atoms. The van der Waals surface area contributed by atoms with Crippen LogP contribution in [0.15, 0.2) is 0 Å². The van der Waals surface area contributed by atoms with E-state index < -0.39 is 0 Å². The summed E-state index contributed by atoms with van der Waals surface area (Å²) in [6, 6.07) is 0. The summed E-state index contributed by atoms with van der Waals surface area (Å²) in [6.07, 6.45) is 12.9. The zero-order valence-electron chi connectivity index (χ0n) is 13.0. The van der Waals surface area contributed by atoms with Gasteiger partial charge in [-0.1, -0.05) is 19.8 Å². The molecule has 1 N–H and O–H groups in total. The highest BCUT2D eigenvalue weighted by atomic mass is 15.1. The molecule has 2 unspecified atom stereocenters. The predicted octanol–water partition coefficient (Wildman–Crippen LogP) is 3.67. The van der Waals surface area contributed by atoms with Gasteiger partial charge in [0.25, 0.3) is 0 Å². The Morgan fingerprint density at radius 2 is 1.89 bits per heavy atom. The van der Waals surface area contributed by atoms with Gasteiger partial charge in [-0.25, -0.2) is 0 Å². The lowest BCUT2D eigenvalue weighted by molar-refractivity contribution is 0.257. The largest absolute Gasteiger partial charge is 0.316 e. The molecule has 0 aromatic heterocycles. The van der Waals surface area contributed by atoms with Gasteiger partial charge in [-0.15, -0.1) is 0 Å². The topological polar surface area (TPSA) is 15.3 Å². The zero-order valence-corrected chi connectivity index (χ0v) is 13.0. The lowest BCUT2D eigenvalue weighted by Crippen LogP contribution is -2.31. The molecule has 0 aromatic carbocycles. The molecule has 2 aliphatic rings. The minimum Gasteiger partial charge on any atom is -0.316 e. The van der Waals surface area contributed by atoms with Gasteiger partial charge >= 0.3 is 0 Å². The summed E-state index contributed by atoms with van der Waals surface area (Å²) in [5.41, 5.74) is 0. The van der Waals surface area contributed by atoms with Gasteiger partial charge in [0.2, 0.25) is 0 Å². The molecule has 0 saturated carbocycles. The van der Waals surface area contributed by atoms with E-state index in [0.717, 1.165) is 11.8 Å². The smallest absolute Gasteiger partial charge is 0.00161 e. The van der Waals surface area contributed by atoms with E-state index in [9.17, 15) is 0 Å². The number of rotatable bonds is 6. The Balaban J connectivity index is 1.57. The monoisotopic (exact) mass is 266 g/mol. The first kappa shape index (κ1) is 15.3. The number of likely N-dealkylation sites (tertiary alicyclic amines) is 1. The Morgan fingerprint density at radius 1 is 1.00 bits per heavy atom. The van der Waals surface area contributed by atoms with E-state index >= 15 is 0 Å². The Morgan fingerprint density at radius 3 is 2.68 bits per heavy atom. The van der Waals surface area contributed by atoms with Crippen molar-refractivity contribution < 1.29 is 0 Å². The minimum absolute atomic E-state index is 0.966. The fraction of sp³-hybridized carbons (Fsp3) is 1.00. The molecule has 2 nitrogen and oxygen atoms in total. The van der Waals surface area contributed by atoms with Gasteiger partial charge in [0.05, 0.1) is 0 Å². The van der Waals surface area contributed by atoms with Crippen LogP contribution in [0.25, 0.3) is 0 Å². The third kappa shape index (κ3) is 5.83. The standard InChI is InChI=1S/C17H34N2/c1-2-6-16-8-4-12-19(14-10-16)13-5-9-17-7-3-11-18-15-17/h16-18H,2-15H2,1H3. The molecule has 112 valence electrons. The summed E-state index contributed by atoms with van der Waals surface area (Å²) in [5, 5.41) is 3.54. The molecule has 2 aliphatic heterocycles. The van der Waals surface area contributed by atoms with E-state index in [1.165, 1.54) is 90.5 Å². The van der Waals surface area contributed by atoms with Crippen molar-refractivity contribution in [2.75, 3.05) is 32.7 Å². The van der Waals surface area contributed by atoms with Crippen LogP contribution in [-0.4, -0.2) is 37.6 Å². The number of piperidine rings is 1. The summed E-state index contributed by atoms with van der Waals surface area (Å²) < 4.78 is 0. The maximum atomic E-state index is 3.54. The van der Waals surface area contributed by atoms with E-state index in [1.807, 2.05) is 0 Å². The van der Waals surface area contributed by atoms with Gasteiger partial charge < -0.3 is 10.2 Å². The molecule has 0 amide bonds. The summed E-state index contributed by atoms with van der Waals surface area (Å²) >= 11 is 0. The SMILES string of the molecule is CCCC1CCCN(CCCC2CCCNC2)CC1. The summed E-state index contributed by atoms with van der Waals surface area (Å²) in [7, 11) is 0. The van der Waals surface area contributed by atoms with Gasteiger partial charge in [-0.3, -0.25) is 0 Å². The van der Waals surface area contributed by atoms with Crippen molar-refractivity contribution in [3.63, 3.8) is 0 Å². The molecule has 2 heteroatoms. The second-order valence-electron chi connectivity index (χ2n) is 6.78. The maximum absolute atomic E-state index is 3.54. The van der Waals surface area contributed by atoms with Crippen molar-refractivity contribution in [3.05, 3.63) is 0 Å². The molecule has 2 rings (SSSR count). The molecule has 2 fully saturated rings. The molecular weight excluding hydrogens is 232 g/mol. The quantitative estimate of drug-likeness (QED) is 0.789. The predicted molar refractivity (Wildman–Crippen MR) is 83.5 cm³/mol. The van der Waals surface area contributed by atoms with Crippen molar-refractivity contribution in [2.45, 2.75) is 64.7 Å². The third-order valence-corrected chi connectivity index (χ3v) is 5.12. The van der Waals surface area contributed by atoms with Crippen molar-refractivity contribution in [1.29, 1.82) is 0 Å².